The highest BCUT2D eigenvalue weighted by molar-refractivity contribution is 5.75. The van der Waals surface area contributed by atoms with Crippen molar-refractivity contribution >= 4 is 5.91 Å². The van der Waals surface area contributed by atoms with Crippen LogP contribution in [0.1, 0.15) is 105 Å². The van der Waals surface area contributed by atoms with E-state index in [9.17, 15) is 4.79 Å². The number of amides is 1. The van der Waals surface area contributed by atoms with Crippen molar-refractivity contribution in [1.29, 1.82) is 0 Å². The molecule has 0 heterocycles. The molecule has 1 amide bonds. The summed E-state index contributed by atoms with van der Waals surface area (Å²) in [6.45, 7) is 9.86. The summed E-state index contributed by atoms with van der Waals surface area (Å²) in [5.41, 5.74) is 0. The van der Waals surface area contributed by atoms with Gasteiger partial charge in [-0.2, -0.15) is 0 Å². The minimum Gasteiger partial charge on any atom is -0.356 e. The second kappa shape index (κ2) is 15.4. The van der Waals surface area contributed by atoms with Crippen molar-refractivity contribution in [1.82, 2.24) is 5.32 Å². The minimum atomic E-state index is 0.255. The van der Waals surface area contributed by atoms with Crippen LogP contribution in [0.25, 0.3) is 0 Å². The molecule has 2 heteroatoms. The van der Waals surface area contributed by atoms with Crippen LogP contribution in [0, 0.1) is 11.8 Å². The van der Waals surface area contributed by atoms with Gasteiger partial charge in [0.25, 0.3) is 0 Å². The molecular formula is C20H41NO. The molecule has 0 aliphatic heterocycles. The van der Waals surface area contributed by atoms with Crippen LogP contribution in [0.2, 0.25) is 0 Å². The van der Waals surface area contributed by atoms with Crippen LogP contribution >= 0.6 is 0 Å². The zero-order valence-electron chi connectivity index (χ0n) is 15.8. The molecule has 22 heavy (non-hydrogen) atoms. The molecule has 0 fully saturated rings. The summed E-state index contributed by atoms with van der Waals surface area (Å²) in [6, 6.07) is 0. The minimum absolute atomic E-state index is 0.255. The Balaban J connectivity index is 3.42. The van der Waals surface area contributed by atoms with Crippen LogP contribution in [0.3, 0.4) is 0 Å². The van der Waals surface area contributed by atoms with Crippen molar-refractivity contribution in [2.75, 3.05) is 6.54 Å². The largest absolute Gasteiger partial charge is 0.356 e. The maximum Gasteiger partial charge on any atom is 0.220 e. The molecule has 0 aliphatic rings. The van der Waals surface area contributed by atoms with Crippen LogP contribution in [-0.4, -0.2) is 12.5 Å². The Morgan fingerprint density at radius 2 is 1.41 bits per heavy atom. The smallest absolute Gasteiger partial charge is 0.220 e. The van der Waals surface area contributed by atoms with E-state index in [1.165, 1.54) is 57.8 Å². The van der Waals surface area contributed by atoms with Crippen molar-refractivity contribution in [3.05, 3.63) is 0 Å². The molecule has 0 bridgehead atoms. The number of nitrogens with one attached hydrogen (secondary N) is 1. The van der Waals surface area contributed by atoms with E-state index in [2.05, 4.69) is 33.0 Å². The number of rotatable bonds is 15. The molecule has 0 saturated heterocycles. The number of hydrogen-bond donors (Lipinski definition) is 1. The van der Waals surface area contributed by atoms with Gasteiger partial charge in [-0.1, -0.05) is 85.5 Å². The lowest BCUT2D eigenvalue weighted by atomic mass is 9.95. The standard InChI is InChI=1S/C20H41NO/c1-5-7-8-9-10-11-12-13-14-15-20(22)21-17-19(6-2)16-18(3)4/h18-19H,5-17H2,1-4H3,(H,21,22). The van der Waals surface area contributed by atoms with Gasteiger partial charge >= 0.3 is 0 Å². The number of hydrogen-bond acceptors (Lipinski definition) is 1. The highest BCUT2D eigenvalue weighted by Crippen LogP contribution is 2.14. The van der Waals surface area contributed by atoms with E-state index in [-0.39, 0.29) is 5.91 Å². The highest BCUT2D eigenvalue weighted by atomic mass is 16.1. The molecule has 0 radical (unpaired) electrons. The summed E-state index contributed by atoms with van der Waals surface area (Å²) in [5, 5.41) is 3.13. The summed E-state index contributed by atoms with van der Waals surface area (Å²) in [7, 11) is 0. The highest BCUT2D eigenvalue weighted by Gasteiger charge is 2.10. The second-order valence-electron chi connectivity index (χ2n) is 7.29. The topological polar surface area (TPSA) is 29.1 Å². The first-order valence-corrected chi connectivity index (χ1v) is 9.86. The fraction of sp³-hybridized carbons (Fsp3) is 0.950. The Morgan fingerprint density at radius 1 is 0.864 bits per heavy atom. The quantitative estimate of drug-likeness (QED) is 0.364. The first kappa shape index (κ1) is 21.5. The average Bonchev–Trinajstić information content (AvgIpc) is 2.49. The predicted molar refractivity (Wildman–Crippen MR) is 98.1 cm³/mol. The van der Waals surface area contributed by atoms with E-state index in [0.29, 0.717) is 12.3 Å². The third kappa shape index (κ3) is 14.4. The van der Waals surface area contributed by atoms with E-state index < -0.39 is 0 Å². The molecule has 1 atom stereocenters. The van der Waals surface area contributed by atoms with Gasteiger partial charge < -0.3 is 5.32 Å². The normalized spacial score (nSPS) is 12.6. The molecule has 0 spiro atoms. The Bertz CT molecular complexity index is 250. The monoisotopic (exact) mass is 311 g/mol. The van der Waals surface area contributed by atoms with Crippen molar-refractivity contribution in [3.8, 4) is 0 Å². The lowest BCUT2D eigenvalue weighted by molar-refractivity contribution is -0.121. The van der Waals surface area contributed by atoms with Crippen LogP contribution < -0.4 is 5.32 Å². The van der Waals surface area contributed by atoms with E-state index >= 15 is 0 Å². The predicted octanol–water partition coefficient (Wildman–Crippen LogP) is 6.10. The lowest BCUT2D eigenvalue weighted by Gasteiger charge is -2.17. The fourth-order valence-electron chi connectivity index (χ4n) is 3.00. The molecule has 0 aromatic rings. The van der Waals surface area contributed by atoms with Crippen LogP contribution in [0.4, 0.5) is 0 Å². The van der Waals surface area contributed by atoms with Gasteiger partial charge in [-0.3, -0.25) is 4.79 Å². The van der Waals surface area contributed by atoms with Gasteiger partial charge in [0.15, 0.2) is 0 Å². The van der Waals surface area contributed by atoms with Crippen LogP contribution in [-0.2, 0) is 4.79 Å². The summed E-state index contributed by atoms with van der Waals surface area (Å²) >= 11 is 0. The van der Waals surface area contributed by atoms with E-state index in [1.54, 1.807) is 0 Å². The summed E-state index contributed by atoms with van der Waals surface area (Å²) in [4.78, 5) is 11.8. The van der Waals surface area contributed by atoms with Gasteiger partial charge in [0.2, 0.25) is 5.91 Å². The molecule has 0 saturated carbocycles. The molecular weight excluding hydrogens is 270 g/mol. The number of carbonyl (C=O) groups is 1. The van der Waals surface area contributed by atoms with E-state index in [1.807, 2.05) is 0 Å². The number of unbranched alkanes of at least 4 members (excludes halogenated alkanes) is 8. The van der Waals surface area contributed by atoms with Gasteiger partial charge in [-0.25, -0.2) is 0 Å². The van der Waals surface area contributed by atoms with Crippen molar-refractivity contribution in [2.24, 2.45) is 11.8 Å². The fourth-order valence-corrected chi connectivity index (χ4v) is 3.00. The maximum atomic E-state index is 11.8. The Morgan fingerprint density at radius 3 is 1.91 bits per heavy atom. The van der Waals surface area contributed by atoms with Gasteiger partial charge in [-0.15, -0.1) is 0 Å². The molecule has 1 N–H and O–H groups in total. The second-order valence-corrected chi connectivity index (χ2v) is 7.29. The molecule has 2 nitrogen and oxygen atoms in total. The summed E-state index contributed by atoms with van der Waals surface area (Å²) in [6.07, 6.45) is 14.9. The molecule has 0 rings (SSSR count). The van der Waals surface area contributed by atoms with Gasteiger partial charge in [-0.05, 0) is 24.7 Å². The van der Waals surface area contributed by atoms with Gasteiger partial charge in [0.05, 0.1) is 0 Å². The molecule has 0 aromatic heterocycles. The van der Waals surface area contributed by atoms with Crippen LogP contribution in [0.15, 0.2) is 0 Å². The van der Waals surface area contributed by atoms with Gasteiger partial charge in [0.1, 0.15) is 0 Å². The SMILES string of the molecule is CCCCCCCCCCCC(=O)NCC(CC)CC(C)C. The van der Waals surface area contributed by atoms with Gasteiger partial charge in [0, 0.05) is 13.0 Å². The molecule has 132 valence electrons. The van der Waals surface area contributed by atoms with E-state index in [0.717, 1.165) is 25.3 Å². The molecule has 0 aliphatic carbocycles. The lowest BCUT2D eigenvalue weighted by Crippen LogP contribution is -2.29. The van der Waals surface area contributed by atoms with Crippen LogP contribution in [0.5, 0.6) is 0 Å². The Kier molecular flexibility index (Phi) is 15.0. The third-order valence-electron chi connectivity index (χ3n) is 4.48. The molecule has 0 aromatic carbocycles. The van der Waals surface area contributed by atoms with Crippen molar-refractivity contribution in [3.63, 3.8) is 0 Å². The summed E-state index contributed by atoms with van der Waals surface area (Å²) < 4.78 is 0. The summed E-state index contributed by atoms with van der Waals surface area (Å²) in [5.74, 6) is 1.62. The Labute approximate surface area is 139 Å². The van der Waals surface area contributed by atoms with Crippen molar-refractivity contribution in [2.45, 2.75) is 105 Å². The van der Waals surface area contributed by atoms with Crippen molar-refractivity contribution < 1.29 is 4.79 Å². The zero-order chi connectivity index (χ0) is 16.6. The Hall–Kier alpha value is -0.530. The number of carbonyl (C=O) groups excluding carboxylic acids is 1. The van der Waals surface area contributed by atoms with E-state index in [4.69, 9.17) is 0 Å². The average molecular weight is 312 g/mol. The molecule has 1 unspecified atom stereocenters. The zero-order valence-corrected chi connectivity index (χ0v) is 15.8. The first-order chi connectivity index (χ1) is 10.6. The third-order valence-corrected chi connectivity index (χ3v) is 4.48. The maximum absolute atomic E-state index is 11.8. The first-order valence-electron chi connectivity index (χ1n) is 9.86.